The minimum absolute atomic E-state index is 0.0919. The lowest BCUT2D eigenvalue weighted by atomic mass is 10.1. The summed E-state index contributed by atoms with van der Waals surface area (Å²) in [6.45, 7) is 1.89. The Morgan fingerprint density at radius 2 is 2.16 bits per heavy atom. The zero-order valence-corrected chi connectivity index (χ0v) is 11.2. The van der Waals surface area contributed by atoms with Gasteiger partial charge in [-0.05, 0) is 38.8 Å². The van der Waals surface area contributed by atoms with Gasteiger partial charge in [0.15, 0.2) is 0 Å². The van der Waals surface area contributed by atoms with Gasteiger partial charge in [-0.1, -0.05) is 12.1 Å². The fourth-order valence-electron chi connectivity index (χ4n) is 2.26. The van der Waals surface area contributed by atoms with Gasteiger partial charge in [-0.25, -0.2) is 0 Å². The highest BCUT2D eigenvalue weighted by Gasteiger charge is 2.31. The first-order valence-corrected chi connectivity index (χ1v) is 6.42. The molecule has 106 valence electrons. The highest BCUT2D eigenvalue weighted by atomic mass is 19.3. The molecule has 1 aromatic rings. The summed E-state index contributed by atoms with van der Waals surface area (Å²) < 4.78 is 34.8. The Labute approximate surface area is 111 Å². The highest BCUT2D eigenvalue weighted by Crippen LogP contribution is 2.30. The molecule has 1 aromatic carbocycles. The first-order chi connectivity index (χ1) is 8.96. The molecule has 1 atom stereocenters. The summed E-state index contributed by atoms with van der Waals surface area (Å²) in [7, 11) is 0. The highest BCUT2D eigenvalue weighted by molar-refractivity contribution is 5.56. The molecule has 1 aliphatic rings. The molecule has 0 aromatic heterocycles. The lowest BCUT2D eigenvalue weighted by molar-refractivity contribution is -0.0494. The normalized spacial score (nSPS) is 21.6. The van der Waals surface area contributed by atoms with Crippen molar-refractivity contribution in [1.82, 2.24) is 0 Å². The summed E-state index contributed by atoms with van der Waals surface area (Å²) in [5, 5.41) is 3.12. The van der Waals surface area contributed by atoms with E-state index < -0.39 is 6.61 Å². The van der Waals surface area contributed by atoms with Crippen molar-refractivity contribution in [3.63, 3.8) is 0 Å². The maximum absolute atomic E-state index is 12.3. The van der Waals surface area contributed by atoms with E-state index in [1.54, 1.807) is 18.2 Å². The second-order valence-corrected chi connectivity index (χ2v) is 5.29. The summed E-state index contributed by atoms with van der Waals surface area (Å²) >= 11 is 0. The van der Waals surface area contributed by atoms with E-state index >= 15 is 0 Å². The second kappa shape index (κ2) is 5.74. The molecule has 0 saturated carbocycles. The van der Waals surface area contributed by atoms with Gasteiger partial charge in [-0.3, -0.25) is 0 Å². The Kier molecular flexibility index (Phi) is 4.24. The average molecular weight is 271 g/mol. The van der Waals surface area contributed by atoms with E-state index in [9.17, 15) is 8.78 Å². The van der Waals surface area contributed by atoms with E-state index in [4.69, 9.17) is 4.74 Å². The smallest absolute Gasteiger partial charge is 0.387 e. The van der Waals surface area contributed by atoms with Crippen LogP contribution in [0, 0.1) is 0 Å². The molecule has 19 heavy (non-hydrogen) atoms. The van der Waals surface area contributed by atoms with Crippen LogP contribution in [-0.4, -0.2) is 24.9 Å². The van der Waals surface area contributed by atoms with Gasteiger partial charge in [-0.15, -0.1) is 0 Å². The number of nitrogens with one attached hydrogen (secondary N) is 1. The molecule has 1 fully saturated rings. The van der Waals surface area contributed by atoms with Gasteiger partial charge < -0.3 is 14.8 Å². The lowest BCUT2D eigenvalue weighted by Crippen LogP contribution is -2.25. The number of hydrogen-bond donors (Lipinski definition) is 1. The van der Waals surface area contributed by atoms with E-state index in [0.717, 1.165) is 12.8 Å². The number of hydrogen-bond acceptors (Lipinski definition) is 3. The van der Waals surface area contributed by atoms with Crippen LogP contribution in [0.15, 0.2) is 24.3 Å². The van der Waals surface area contributed by atoms with Gasteiger partial charge >= 0.3 is 6.61 Å². The SMILES string of the molecule is CC1(C)CCC(CNc2ccccc2OC(F)F)O1. The third-order valence-electron chi connectivity index (χ3n) is 3.18. The van der Waals surface area contributed by atoms with Crippen molar-refractivity contribution in [3.8, 4) is 5.75 Å². The molecule has 5 heteroatoms. The number of anilines is 1. The summed E-state index contributed by atoms with van der Waals surface area (Å²) in [4.78, 5) is 0. The zero-order valence-electron chi connectivity index (χ0n) is 11.2. The van der Waals surface area contributed by atoms with Crippen molar-refractivity contribution in [2.24, 2.45) is 0 Å². The number of para-hydroxylation sites is 2. The fraction of sp³-hybridized carbons (Fsp3) is 0.571. The predicted octanol–water partition coefficient (Wildman–Crippen LogP) is 3.66. The van der Waals surface area contributed by atoms with Crippen molar-refractivity contribution in [2.75, 3.05) is 11.9 Å². The van der Waals surface area contributed by atoms with Gasteiger partial charge in [-0.2, -0.15) is 8.78 Å². The van der Waals surface area contributed by atoms with E-state index in [-0.39, 0.29) is 17.5 Å². The van der Waals surface area contributed by atoms with Crippen molar-refractivity contribution in [1.29, 1.82) is 0 Å². The topological polar surface area (TPSA) is 30.5 Å². The molecule has 0 spiro atoms. The van der Waals surface area contributed by atoms with E-state index in [1.165, 1.54) is 6.07 Å². The molecule has 0 aliphatic carbocycles. The number of halogens is 2. The average Bonchev–Trinajstić information content (AvgIpc) is 2.67. The van der Waals surface area contributed by atoms with Crippen LogP contribution in [-0.2, 0) is 4.74 Å². The molecule has 1 unspecified atom stereocenters. The molecule has 1 aliphatic heterocycles. The molecule has 0 amide bonds. The first kappa shape index (κ1) is 14.1. The molecule has 1 heterocycles. The van der Waals surface area contributed by atoms with Crippen molar-refractivity contribution in [3.05, 3.63) is 24.3 Å². The molecule has 0 radical (unpaired) electrons. The minimum atomic E-state index is -2.82. The third-order valence-corrected chi connectivity index (χ3v) is 3.18. The van der Waals surface area contributed by atoms with Gasteiger partial charge in [0.1, 0.15) is 5.75 Å². The molecule has 0 bridgehead atoms. The van der Waals surface area contributed by atoms with E-state index in [0.29, 0.717) is 12.2 Å². The molecule has 3 nitrogen and oxygen atoms in total. The van der Waals surface area contributed by atoms with E-state index in [2.05, 4.69) is 23.9 Å². The van der Waals surface area contributed by atoms with Crippen LogP contribution in [0.5, 0.6) is 5.75 Å². The number of ether oxygens (including phenoxy) is 2. The van der Waals surface area contributed by atoms with Crippen molar-refractivity contribution < 1.29 is 18.3 Å². The zero-order chi connectivity index (χ0) is 13.9. The third kappa shape index (κ3) is 4.06. The van der Waals surface area contributed by atoms with Crippen LogP contribution in [0.4, 0.5) is 14.5 Å². The first-order valence-electron chi connectivity index (χ1n) is 6.42. The monoisotopic (exact) mass is 271 g/mol. The van der Waals surface area contributed by atoms with Crippen LogP contribution >= 0.6 is 0 Å². The van der Waals surface area contributed by atoms with Crippen LogP contribution < -0.4 is 10.1 Å². The Balaban J connectivity index is 1.92. The quantitative estimate of drug-likeness (QED) is 0.886. The number of benzene rings is 1. The van der Waals surface area contributed by atoms with E-state index in [1.807, 2.05) is 0 Å². The molecule has 1 saturated heterocycles. The standard InChI is InChI=1S/C14H19F2NO2/c1-14(2)8-7-10(19-14)9-17-11-5-3-4-6-12(11)18-13(15)16/h3-6,10,13,17H,7-9H2,1-2H3. The Morgan fingerprint density at radius 1 is 1.42 bits per heavy atom. The summed E-state index contributed by atoms with van der Waals surface area (Å²) in [6, 6.07) is 6.68. The minimum Gasteiger partial charge on any atom is -0.433 e. The van der Waals surface area contributed by atoms with Crippen molar-refractivity contribution >= 4 is 5.69 Å². The Bertz CT molecular complexity index is 424. The Hall–Kier alpha value is -1.36. The second-order valence-electron chi connectivity index (χ2n) is 5.29. The maximum Gasteiger partial charge on any atom is 0.387 e. The Morgan fingerprint density at radius 3 is 2.79 bits per heavy atom. The van der Waals surface area contributed by atoms with Crippen LogP contribution in [0.25, 0.3) is 0 Å². The van der Waals surface area contributed by atoms with Gasteiger partial charge in [0.2, 0.25) is 0 Å². The summed E-state index contributed by atoms with van der Waals surface area (Å²) in [5.74, 6) is 0.162. The van der Waals surface area contributed by atoms with Gasteiger partial charge in [0, 0.05) is 6.54 Å². The largest absolute Gasteiger partial charge is 0.433 e. The fourth-order valence-corrected chi connectivity index (χ4v) is 2.26. The molecular formula is C14H19F2NO2. The van der Waals surface area contributed by atoms with Gasteiger partial charge in [0.25, 0.3) is 0 Å². The molecular weight excluding hydrogens is 252 g/mol. The van der Waals surface area contributed by atoms with Crippen molar-refractivity contribution in [2.45, 2.75) is 45.0 Å². The van der Waals surface area contributed by atoms with Gasteiger partial charge in [0.05, 0.1) is 17.4 Å². The lowest BCUT2D eigenvalue weighted by Gasteiger charge is -2.20. The van der Waals surface area contributed by atoms with Crippen LogP contribution in [0.2, 0.25) is 0 Å². The van der Waals surface area contributed by atoms with Crippen LogP contribution in [0.1, 0.15) is 26.7 Å². The maximum atomic E-state index is 12.3. The number of alkyl halides is 2. The predicted molar refractivity (Wildman–Crippen MR) is 69.7 cm³/mol. The molecule has 2 rings (SSSR count). The number of rotatable bonds is 5. The molecule has 1 N–H and O–H groups in total. The summed E-state index contributed by atoms with van der Waals surface area (Å²) in [6.07, 6.45) is 2.08. The van der Waals surface area contributed by atoms with Crippen LogP contribution in [0.3, 0.4) is 0 Å². The summed E-state index contributed by atoms with van der Waals surface area (Å²) in [5.41, 5.74) is 0.474.